The number of aliphatic imine (C=N–C) groups is 1. The molecule has 1 heterocycles. The van der Waals surface area contributed by atoms with Gasteiger partial charge in [0, 0.05) is 11.6 Å². The van der Waals surface area contributed by atoms with Gasteiger partial charge < -0.3 is 14.3 Å². The number of alkyl halides is 3. The number of phenols is 1. The van der Waals surface area contributed by atoms with Crippen molar-refractivity contribution in [2.45, 2.75) is 6.18 Å². The number of hydrogen-bond donors (Lipinski definition) is 1. The minimum Gasteiger partial charge on any atom is -0.504 e. The van der Waals surface area contributed by atoms with Crippen LogP contribution in [-0.4, -0.2) is 24.1 Å². The monoisotopic (exact) mass is 389 g/mol. The molecule has 0 saturated heterocycles. The number of methoxy groups -OCH3 is 1. The van der Waals surface area contributed by atoms with Crippen LogP contribution in [0.4, 0.5) is 13.2 Å². The summed E-state index contributed by atoms with van der Waals surface area (Å²) in [4.78, 5) is 16.7. The van der Waals surface area contributed by atoms with E-state index in [-0.39, 0.29) is 27.9 Å². The summed E-state index contributed by atoms with van der Waals surface area (Å²) in [6.07, 6.45) is -3.06. The van der Waals surface area contributed by atoms with Crippen LogP contribution in [0.2, 0.25) is 0 Å². The molecule has 0 aliphatic carbocycles. The van der Waals surface area contributed by atoms with Gasteiger partial charge in [-0.05, 0) is 17.5 Å². The lowest BCUT2D eigenvalue weighted by Gasteiger charge is -2.13. The first-order valence-electron chi connectivity index (χ1n) is 7.90. The predicted octanol–water partition coefficient (Wildman–Crippen LogP) is 4.71. The molecule has 144 valence electrons. The standard InChI is InChI=1S/C20H14F3NO4/c1-4-24-17(10(2)20(21,22)23)12-9-28-13-7-5-11-6-8-14(27-3)19(26)15(11)16(13)18(12)25/h4-9,26H,1-2H2,3H3. The Kier molecular flexibility index (Phi) is 4.72. The molecule has 5 nitrogen and oxygen atoms in total. The van der Waals surface area contributed by atoms with Gasteiger partial charge in [-0.15, -0.1) is 0 Å². The summed E-state index contributed by atoms with van der Waals surface area (Å²) >= 11 is 0. The summed E-state index contributed by atoms with van der Waals surface area (Å²) < 4.78 is 49.9. The molecule has 3 rings (SSSR count). The van der Waals surface area contributed by atoms with Crippen molar-refractivity contribution in [3.8, 4) is 11.5 Å². The summed E-state index contributed by atoms with van der Waals surface area (Å²) in [5, 5.41) is 11.0. The summed E-state index contributed by atoms with van der Waals surface area (Å²) in [6.45, 7) is 6.28. The number of allylic oxidation sites excluding steroid dienone is 1. The van der Waals surface area contributed by atoms with Gasteiger partial charge in [0.25, 0.3) is 0 Å². The molecule has 0 aliphatic rings. The molecule has 0 unspecified atom stereocenters. The molecule has 0 fully saturated rings. The van der Waals surface area contributed by atoms with Gasteiger partial charge in [-0.1, -0.05) is 25.3 Å². The van der Waals surface area contributed by atoms with Gasteiger partial charge in [-0.25, -0.2) is 0 Å². The predicted molar refractivity (Wildman–Crippen MR) is 100 cm³/mol. The van der Waals surface area contributed by atoms with Crippen molar-refractivity contribution in [3.63, 3.8) is 0 Å². The average molecular weight is 389 g/mol. The minimum absolute atomic E-state index is 0.0837. The lowest BCUT2D eigenvalue weighted by molar-refractivity contribution is -0.0856. The Bertz CT molecular complexity index is 1210. The Morgan fingerprint density at radius 2 is 1.93 bits per heavy atom. The van der Waals surface area contributed by atoms with E-state index in [9.17, 15) is 23.1 Å². The zero-order valence-corrected chi connectivity index (χ0v) is 14.6. The zero-order chi connectivity index (χ0) is 20.6. The summed E-state index contributed by atoms with van der Waals surface area (Å²) in [5.41, 5.74) is -3.20. The third-order valence-corrected chi connectivity index (χ3v) is 4.18. The van der Waals surface area contributed by atoms with E-state index >= 15 is 0 Å². The second kappa shape index (κ2) is 6.88. The summed E-state index contributed by atoms with van der Waals surface area (Å²) in [5.74, 6) is -0.226. The maximum Gasteiger partial charge on any atom is 0.417 e. The molecule has 0 aliphatic heterocycles. The van der Waals surface area contributed by atoms with Crippen LogP contribution < -0.4 is 10.2 Å². The number of hydrogen-bond acceptors (Lipinski definition) is 5. The second-order valence-electron chi connectivity index (χ2n) is 5.77. The van der Waals surface area contributed by atoms with E-state index in [2.05, 4.69) is 18.2 Å². The van der Waals surface area contributed by atoms with Crippen molar-refractivity contribution in [1.82, 2.24) is 0 Å². The van der Waals surface area contributed by atoms with Gasteiger partial charge >= 0.3 is 6.18 Å². The fourth-order valence-corrected chi connectivity index (χ4v) is 2.86. The molecule has 0 atom stereocenters. The van der Waals surface area contributed by atoms with E-state index < -0.39 is 28.5 Å². The maximum atomic E-state index is 13.2. The molecule has 0 spiro atoms. The normalized spacial score (nSPS) is 12.4. The van der Waals surface area contributed by atoms with Gasteiger partial charge in [0.2, 0.25) is 5.43 Å². The smallest absolute Gasteiger partial charge is 0.417 e. The van der Waals surface area contributed by atoms with Crippen molar-refractivity contribution < 1.29 is 27.4 Å². The van der Waals surface area contributed by atoms with E-state index in [0.717, 1.165) is 12.5 Å². The molecule has 3 aromatic rings. The fraction of sp³-hybridized carbons (Fsp3) is 0.100. The number of rotatable bonds is 4. The topological polar surface area (TPSA) is 72.0 Å². The Morgan fingerprint density at radius 3 is 2.54 bits per heavy atom. The third-order valence-electron chi connectivity index (χ3n) is 4.18. The van der Waals surface area contributed by atoms with Crippen LogP contribution in [0.15, 0.2) is 69.7 Å². The van der Waals surface area contributed by atoms with E-state index in [1.165, 1.54) is 19.2 Å². The molecule has 8 heteroatoms. The third kappa shape index (κ3) is 3.02. The molecule has 1 N–H and O–H groups in total. The minimum atomic E-state index is -4.81. The van der Waals surface area contributed by atoms with Crippen LogP contribution in [0.3, 0.4) is 0 Å². The number of halogens is 3. The van der Waals surface area contributed by atoms with Crippen molar-refractivity contribution in [1.29, 1.82) is 0 Å². The Labute approximate surface area is 156 Å². The van der Waals surface area contributed by atoms with E-state index in [1.807, 2.05) is 0 Å². The molecule has 28 heavy (non-hydrogen) atoms. The highest BCUT2D eigenvalue weighted by Crippen LogP contribution is 2.38. The van der Waals surface area contributed by atoms with Crippen LogP contribution in [0.5, 0.6) is 11.5 Å². The quantitative estimate of drug-likeness (QED) is 0.518. The lowest BCUT2D eigenvalue weighted by atomic mass is 9.99. The molecule has 2 aromatic carbocycles. The zero-order valence-electron chi connectivity index (χ0n) is 14.6. The Balaban J connectivity index is 2.44. The number of benzene rings is 2. The van der Waals surface area contributed by atoms with Crippen LogP contribution in [-0.2, 0) is 0 Å². The molecule has 0 radical (unpaired) electrons. The SMILES string of the molecule is C=CN=C(C(=C)C(F)(F)F)c1coc2ccc3ccc(OC)c(O)c3c2c1=O. The van der Waals surface area contributed by atoms with Crippen molar-refractivity contribution in [3.05, 3.63) is 71.2 Å². The number of ether oxygens (including phenoxy) is 1. The van der Waals surface area contributed by atoms with Gasteiger partial charge in [-0.3, -0.25) is 9.79 Å². The number of aromatic hydroxyl groups is 1. The molecule has 0 bridgehead atoms. The van der Waals surface area contributed by atoms with Crippen LogP contribution in [0.25, 0.3) is 21.7 Å². The van der Waals surface area contributed by atoms with Gasteiger partial charge in [-0.2, -0.15) is 13.2 Å². The maximum absolute atomic E-state index is 13.2. The van der Waals surface area contributed by atoms with Crippen LogP contribution in [0, 0.1) is 0 Å². The van der Waals surface area contributed by atoms with E-state index in [1.54, 1.807) is 12.1 Å². The number of fused-ring (bicyclic) bond motifs is 3. The number of nitrogens with zero attached hydrogens (tertiary/aromatic N) is 1. The summed E-state index contributed by atoms with van der Waals surface area (Å²) in [7, 11) is 1.34. The highest BCUT2D eigenvalue weighted by atomic mass is 19.4. The van der Waals surface area contributed by atoms with Crippen LogP contribution >= 0.6 is 0 Å². The average Bonchev–Trinajstić information content (AvgIpc) is 2.65. The van der Waals surface area contributed by atoms with Crippen molar-refractivity contribution in [2.24, 2.45) is 4.99 Å². The first-order valence-corrected chi connectivity index (χ1v) is 7.90. The van der Waals surface area contributed by atoms with Crippen molar-refractivity contribution in [2.75, 3.05) is 7.11 Å². The van der Waals surface area contributed by atoms with Gasteiger partial charge in [0.15, 0.2) is 11.5 Å². The fourth-order valence-electron chi connectivity index (χ4n) is 2.86. The highest BCUT2D eigenvalue weighted by Gasteiger charge is 2.37. The Morgan fingerprint density at radius 1 is 1.25 bits per heavy atom. The van der Waals surface area contributed by atoms with E-state index in [4.69, 9.17) is 9.15 Å². The molecule has 1 aromatic heterocycles. The van der Waals surface area contributed by atoms with E-state index in [0.29, 0.717) is 5.39 Å². The summed E-state index contributed by atoms with van der Waals surface area (Å²) in [6, 6.07) is 6.20. The molecular weight excluding hydrogens is 375 g/mol. The Hall–Kier alpha value is -3.55. The largest absolute Gasteiger partial charge is 0.504 e. The molecular formula is C20H14F3NO4. The number of phenolic OH excluding ortho intramolecular Hbond substituents is 1. The van der Waals surface area contributed by atoms with Crippen molar-refractivity contribution >= 4 is 27.5 Å². The molecule has 0 amide bonds. The first kappa shape index (κ1) is 19.2. The molecule has 0 saturated carbocycles. The highest BCUT2D eigenvalue weighted by molar-refractivity contribution is 6.16. The van der Waals surface area contributed by atoms with Gasteiger partial charge in [0.05, 0.1) is 29.3 Å². The van der Waals surface area contributed by atoms with Gasteiger partial charge in [0.1, 0.15) is 11.8 Å². The van der Waals surface area contributed by atoms with Crippen LogP contribution in [0.1, 0.15) is 5.56 Å². The second-order valence-corrected chi connectivity index (χ2v) is 5.77. The first-order chi connectivity index (χ1) is 13.2. The lowest BCUT2D eigenvalue weighted by Crippen LogP contribution is -2.24.